The molecule has 0 bridgehead atoms. The Morgan fingerprint density at radius 3 is 2.91 bits per heavy atom. The Balaban J connectivity index is 2.76. The van der Waals surface area contributed by atoms with E-state index in [1.54, 1.807) is 26.1 Å². The molecule has 0 atom stereocenters. The summed E-state index contributed by atoms with van der Waals surface area (Å²) in [6.07, 6.45) is 4.76. The number of nitrogens with one attached hydrogen (secondary N) is 2. The fraction of sp³-hybridized carbons (Fsp3) is 0.286. The molecule has 114 valence electrons. The minimum atomic E-state index is -0.471. The van der Waals surface area contributed by atoms with E-state index in [1.165, 1.54) is 10.9 Å². The first kappa shape index (κ1) is 15.7. The highest BCUT2D eigenvalue weighted by atomic mass is 32.1. The number of nitriles is 1. The molecule has 0 radical (unpaired) electrons. The molecule has 8 heteroatoms. The monoisotopic (exact) mass is 317 g/mol. The van der Waals surface area contributed by atoms with Gasteiger partial charge >= 0.3 is 0 Å². The SMILES string of the molecule is CCNC(=O)C(C#N)=c1sc(=Cc2cnc[nH]2)c(=O)n1CC. The lowest BCUT2D eigenvalue weighted by molar-refractivity contribution is -0.115. The number of nitrogens with zero attached hydrogens (tertiary/aromatic N) is 3. The maximum absolute atomic E-state index is 12.4. The topological polar surface area (TPSA) is 104 Å². The minimum absolute atomic E-state index is 0.0462. The number of aromatic nitrogens is 3. The molecule has 2 aromatic rings. The highest BCUT2D eigenvalue weighted by molar-refractivity contribution is 7.07. The van der Waals surface area contributed by atoms with E-state index >= 15 is 0 Å². The number of carbonyl (C=O) groups is 1. The van der Waals surface area contributed by atoms with Crippen LogP contribution in [-0.4, -0.2) is 27.0 Å². The van der Waals surface area contributed by atoms with Crippen LogP contribution in [0.25, 0.3) is 11.6 Å². The van der Waals surface area contributed by atoms with Crippen LogP contribution in [0.3, 0.4) is 0 Å². The molecule has 22 heavy (non-hydrogen) atoms. The van der Waals surface area contributed by atoms with Crippen molar-refractivity contribution in [3.05, 3.63) is 37.8 Å². The summed E-state index contributed by atoms with van der Waals surface area (Å²) in [7, 11) is 0. The third-order valence-electron chi connectivity index (χ3n) is 2.92. The highest BCUT2D eigenvalue weighted by Gasteiger charge is 2.14. The Morgan fingerprint density at radius 1 is 1.59 bits per heavy atom. The van der Waals surface area contributed by atoms with E-state index in [0.717, 1.165) is 11.3 Å². The molecular formula is C14H15N5O2S. The van der Waals surface area contributed by atoms with Crippen molar-refractivity contribution in [3.63, 3.8) is 0 Å². The van der Waals surface area contributed by atoms with Gasteiger partial charge in [-0.15, -0.1) is 11.3 Å². The van der Waals surface area contributed by atoms with Crippen molar-refractivity contribution in [3.8, 4) is 6.07 Å². The molecule has 0 saturated carbocycles. The normalized spacial score (nSPS) is 12.9. The zero-order valence-electron chi connectivity index (χ0n) is 12.2. The van der Waals surface area contributed by atoms with E-state index in [0.29, 0.717) is 28.0 Å². The summed E-state index contributed by atoms with van der Waals surface area (Å²) in [4.78, 5) is 31.2. The minimum Gasteiger partial charge on any atom is -0.352 e. The predicted molar refractivity (Wildman–Crippen MR) is 83.4 cm³/mol. The largest absolute Gasteiger partial charge is 0.352 e. The molecular weight excluding hydrogens is 302 g/mol. The molecule has 0 unspecified atom stereocenters. The van der Waals surface area contributed by atoms with Gasteiger partial charge < -0.3 is 10.3 Å². The van der Waals surface area contributed by atoms with Gasteiger partial charge in [0.2, 0.25) is 0 Å². The lowest BCUT2D eigenvalue weighted by atomic mass is 10.3. The fourth-order valence-electron chi connectivity index (χ4n) is 1.92. The van der Waals surface area contributed by atoms with Gasteiger partial charge in [0.05, 0.1) is 22.8 Å². The van der Waals surface area contributed by atoms with Crippen molar-refractivity contribution in [2.45, 2.75) is 20.4 Å². The van der Waals surface area contributed by atoms with Crippen molar-refractivity contribution in [2.75, 3.05) is 6.54 Å². The second-order valence-corrected chi connectivity index (χ2v) is 5.35. The third kappa shape index (κ3) is 2.99. The number of hydrogen-bond acceptors (Lipinski definition) is 5. The average Bonchev–Trinajstić information content (AvgIpc) is 3.10. The van der Waals surface area contributed by atoms with E-state index in [2.05, 4.69) is 15.3 Å². The van der Waals surface area contributed by atoms with Crippen LogP contribution in [0.2, 0.25) is 0 Å². The third-order valence-corrected chi connectivity index (χ3v) is 4.05. The lowest BCUT2D eigenvalue weighted by Gasteiger charge is -2.00. The van der Waals surface area contributed by atoms with Crippen LogP contribution in [-0.2, 0) is 11.3 Å². The lowest BCUT2D eigenvalue weighted by Crippen LogP contribution is -2.34. The molecule has 7 nitrogen and oxygen atoms in total. The van der Waals surface area contributed by atoms with Gasteiger partial charge in [0.1, 0.15) is 10.7 Å². The van der Waals surface area contributed by atoms with E-state index in [9.17, 15) is 14.9 Å². The summed E-state index contributed by atoms with van der Waals surface area (Å²) in [6, 6.07) is 1.90. The van der Waals surface area contributed by atoms with Gasteiger partial charge in [-0.3, -0.25) is 14.2 Å². The van der Waals surface area contributed by atoms with E-state index in [4.69, 9.17) is 0 Å². The van der Waals surface area contributed by atoms with Crippen molar-refractivity contribution in [2.24, 2.45) is 0 Å². The number of aromatic amines is 1. The van der Waals surface area contributed by atoms with Gasteiger partial charge in [0.15, 0.2) is 5.57 Å². The number of amides is 1. The number of thiazole rings is 1. The second-order valence-electron chi connectivity index (χ2n) is 4.32. The van der Waals surface area contributed by atoms with Crippen LogP contribution in [0, 0.1) is 11.3 Å². The molecule has 0 aliphatic heterocycles. The van der Waals surface area contributed by atoms with Gasteiger partial charge in [-0.1, -0.05) is 0 Å². The van der Waals surface area contributed by atoms with Crippen LogP contribution in [0.5, 0.6) is 0 Å². The molecule has 0 aromatic carbocycles. The number of H-pyrrole nitrogens is 1. The van der Waals surface area contributed by atoms with Crippen LogP contribution < -0.4 is 20.1 Å². The Bertz CT molecular complexity index is 883. The summed E-state index contributed by atoms with van der Waals surface area (Å²) >= 11 is 1.12. The van der Waals surface area contributed by atoms with Crippen molar-refractivity contribution < 1.29 is 4.79 Å². The van der Waals surface area contributed by atoms with E-state index < -0.39 is 5.91 Å². The van der Waals surface area contributed by atoms with E-state index in [1.807, 2.05) is 6.07 Å². The summed E-state index contributed by atoms with van der Waals surface area (Å²) in [5.74, 6) is -0.471. The number of hydrogen-bond donors (Lipinski definition) is 2. The van der Waals surface area contributed by atoms with Crippen LogP contribution in [0.4, 0.5) is 0 Å². The molecule has 2 aromatic heterocycles. The standard InChI is InChI=1S/C14H15N5O2S/c1-3-17-12(20)10(6-15)14-19(4-2)13(21)11(22-14)5-9-7-16-8-18-9/h5,7-8H,3-4H2,1-2H3,(H,16,18)(H,17,20). The van der Waals surface area contributed by atoms with Gasteiger partial charge in [0, 0.05) is 13.1 Å². The first-order valence-corrected chi connectivity index (χ1v) is 7.56. The Kier molecular flexibility index (Phi) is 4.91. The molecule has 2 rings (SSSR count). The molecule has 0 saturated heterocycles. The van der Waals surface area contributed by atoms with Gasteiger partial charge in [-0.25, -0.2) is 4.98 Å². The number of carbonyl (C=O) groups excluding carboxylic acids is 1. The van der Waals surface area contributed by atoms with Crippen LogP contribution in [0.1, 0.15) is 19.5 Å². The van der Waals surface area contributed by atoms with Gasteiger partial charge in [-0.05, 0) is 19.9 Å². The van der Waals surface area contributed by atoms with E-state index in [-0.39, 0.29) is 11.1 Å². The summed E-state index contributed by atoms with van der Waals surface area (Å²) in [6.45, 7) is 4.36. The number of imidazole rings is 1. The van der Waals surface area contributed by atoms with Crippen LogP contribution in [0.15, 0.2) is 17.3 Å². The quantitative estimate of drug-likeness (QED) is 0.777. The second kappa shape index (κ2) is 6.87. The smallest absolute Gasteiger partial charge is 0.269 e. The predicted octanol–water partition coefficient (Wildman–Crippen LogP) is -0.708. The molecule has 1 amide bonds. The molecule has 0 spiro atoms. The average molecular weight is 317 g/mol. The van der Waals surface area contributed by atoms with Gasteiger partial charge in [0.25, 0.3) is 11.5 Å². The molecule has 0 aliphatic carbocycles. The zero-order valence-corrected chi connectivity index (χ0v) is 13.0. The Hall–Kier alpha value is -2.66. The zero-order chi connectivity index (χ0) is 16.1. The fourth-order valence-corrected chi connectivity index (χ4v) is 3.08. The maximum Gasteiger partial charge on any atom is 0.269 e. The Morgan fingerprint density at radius 2 is 2.36 bits per heavy atom. The molecule has 0 aliphatic rings. The summed E-state index contributed by atoms with van der Waals surface area (Å²) in [5.41, 5.74) is 0.411. The number of rotatable bonds is 4. The highest BCUT2D eigenvalue weighted by Crippen LogP contribution is 1.94. The van der Waals surface area contributed by atoms with Crippen molar-refractivity contribution >= 4 is 28.9 Å². The first-order chi connectivity index (χ1) is 10.6. The molecule has 0 fully saturated rings. The maximum atomic E-state index is 12.4. The van der Waals surface area contributed by atoms with Gasteiger partial charge in [-0.2, -0.15) is 5.26 Å². The molecule has 2 heterocycles. The Labute approximate surface area is 130 Å². The van der Waals surface area contributed by atoms with Crippen LogP contribution >= 0.6 is 11.3 Å². The first-order valence-electron chi connectivity index (χ1n) is 6.74. The summed E-state index contributed by atoms with van der Waals surface area (Å²) < 4.78 is 2.24. The van der Waals surface area contributed by atoms with Crippen molar-refractivity contribution in [1.29, 1.82) is 5.26 Å². The summed E-state index contributed by atoms with van der Waals surface area (Å²) in [5, 5.41) is 11.9. The molecule has 2 N–H and O–H groups in total. The van der Waals surface area contributed by atoms with Crippen molar-refractivity contribution in [1.82, 2.24) is 19.9 Å².